The Morgan fingerprint density at radius 1 is 1.27 bits per heavy atom. The van der Waals surface area contributed by atoms with E-state index in [1.54, 1.807) is 0 Å². The molecule has 2 N–H and O–H groups in total. The summed E-state index contributed by atoms with van der Waals surface area (Å²) in [5, 5.41) is 0. The summed E-state index contributed by atoms with van der Waals surface area (Å²) in [5.41, 5.74) is 11.6. The molecule has 22 heavy (non-hydrogen) atoms. The molecule has 0 amide bonds. The zero-order valence-electron chi connectivity index (χ0n) is 12.5. The number of likely N-dealkylation sites (N-methyl/N-ethyl adjacent to an activating group) is 1. The number of carbonyl (C=O) groups excluding carboxylic acids is 1. The predicted molar refractivity (Wildman–Crippen MR) is 85.4 cm³/mol. The van der Waals surface area contributed by atoms with Gasteiger partial charge < -0.3 is 10.3 Å². The number of aromatic nitrogens is 1. The van der Waals surface area contributed by atoms with Crippen LogP contribution >= 0.6 is 0 Å². The van der Waals surface area contributed by atoms with Gasteiger partial charge in [-0.3, -0.25) is 4.79 Å². The van der Waals surface area contributed by atoms with Crippen molar-refractivity contribution in [1.82, 2.24) is 4.57 Å². The van der Waals surface area contributed by atoms with Gasteiger partial charge in [-0.15, -0.1) is 0 Å². The summed E-state index contributed by atoms with van der Waals surface area (Å²) in [6.45, 7) is 1.65. The Hall–Kier alpha value is -2.62. The van der Waals surface area contributed by atoms with Crippen LogP contribution in [0.15, 0.2) is 48.3 Å². The normalized spacial score (nSPS) is 16.6. The first kappa shape index (κ1) is 13.1. The number of Topliss-reactive ketones (excluding diaryl/α,β-unsaturated/α-hetero) is 1. The fraction of sp³-hybridized carbons (Fsp3) is 0.222. The zero-order chi connectivity index (χ0) is 15.3. The Morgan fingerprint density at radius 2 is 2.05 bits per heavy atom. The SMILES string of the molecule is C[N+]1=C2C=C(N)C(=O)c3c2c(cn3Cc2ccccc2)CC1. The van der Waals surface area contributed by atoms with E-state index in [-0.39, 0.29) is 5.78 Å². The number of benzene rings is 1. The van der Waals surface area contributed by atoms with Crippen molar-refractivity contribution in [2.75, 3.05) is 13.6 Å². The molecule has 110 valence electrons. The number of nitrogens with two attached hydrogens (primary N) is 1. The van der Waals surface area contributed by atoms with Crippen molar-refractivity contribution in [3.8, 4) is 0 Å². The molecule has 0 bridgehead atoms. The lowest BCUT2D eigenvalue weighted by molar-refractivity contribution is -0.497. The lowest BCUT2D eigenvalue weighted by Crippen LogP contribution is -2.32. The number of hydrogen-bond donors (Lipinski definition) is 1. The van der Waals surface area contributed by atoms with Crippen molar-refractivity contribution in [3.63, 3.8) is 0 Å². The second-order valence-electron chi connectivity index (χ2n) is 5.98. The van der Waals surface area contributed by atoms with Crippen LogP contribution in [0.3, 0.4) is 0 Å². The second-order valence-corrected chi connectivity index (χ2v) is 5.98. The summed E-state index contributed by atoms with van der Waals surface area (Å²) in [4.78, 5) is 12.6. The van der Waals surface area contributed by atoms with Crippen LogP contribution in [0.5, 0.6) is 0 Å². The Morgan fingerprint density at radius 3 is 2.82 bits per heavy atom. The van der Waals surface area contributed by atoms with Crippen molar-refractivity contribution in [2.45, 2.75) is 13.0 Å². The van der Waals surface area contributed by atoms with Gasteiger partial charge in [-0.05, 0) is 11.1 Å². The van der Waals surface area contributed by atoms with Crippen molar-refractivity contribution in [1.29, 1.82) is 0 Å². The van der Waals surface area contributed by atoms with Crippen LogP contribution in [0, 0.1) is 0 Å². The average molecular weight is 292 g/mol. The molecule has 2 aliphatic rings. The highest BCUT2D eigenvalue weighted by Gasteiger charge is 2.36. The Bertz CT molecular complexity index is 841. The largest absolute Gasteiger partial charge is 0.395 e. The third-order valence-corrected chi connectivity index (χ3v) is 4.51. The Balaban J connectivity index is 1.89. The molecule has 4 rings (SSSR count). The number of rotatable bonds is 2. The number of carbonyl (C=O) groups is 1. The standard InChI is InChI=1S/C18H17N3O/c1-20-8-7-13-11-21(10-12-5-3-2-4-6-12)17-16(13)15(20)9-14(19)18(17)22/h2-6,9,11,19H,7-8,10H2,1H3/p+1. The fourth-order valence-electron chi connectivity index (χ4n) is 3.37. The third-order valence-electron chi connectivity index (χ3n) is 4.51. The van der Waals surface area contributed by atoms with E-state index in [0.29, 0.717) is 12.2 Å². The quantitative estimate of drug-likeness (QED) is 0.854. The Labute approximate surface area is 129 Å². The Kier molecular flexibility index (Phi) is 2.79. The molecule has 0 fully saturated rings. The van der Waals surface area contributed by atoms with E-state index < -0.39 is 0 Å². The van der Waals surface area contributed by atoms with Crippen LogP contribution in [-0.4, -0.2) is 34.2 Å². The maximum Gasteiger partial charge on any atom is 0.226 e. The van der Waals surface area contributed by atoms with Crippen LogP contribution in [0.25, 0.3) is 0 Å². The molecule has 1 aliphatic heterocycles. The molecule has 0 atom stereocenters. The molecule has 1 aromatic carbocycles. The smallest absolute Gasteiger partial charge is 0.226 e. The molecule has 2 aromatic rings. The van der Waals surface area contributed by atoms with E-state index in [4.69, 9.17) is 5.73 Å². The molecule has 0 saturated carbocycles. The first-order chi connectivity index (χ1) is 10.6. The van der Waals surface area contributed by atoms with Gasteiger partial charge in [-0.25, -0.2) is 4.58 Å². The van der Waals surface area contributed by atoms with Gasteiger partial charge in [-0.2, -0.15) is 0 Å². The van der Waals surface area contributed by atoms with Gasteiger partial charge in [0, 0.05) is 25.2 Å². The summed E-state index contributed by atoms with van der Waals surface area (Å²) in [6.07, 6.45) is 4.90. The molecule has 0 spiro atoms. The number of hydrogen-bond acceptors (Lipinski definition) is 2. The highest BCUT2D eigenvalue weighted by atomic mass is 16.1. The minimum absolute atomic E-state index is 0.0590. The molecule has 0 radical (unpaired) electrons. The predicted octanol–water partition coefficient (Wildman–Crippen LogP) is 1.56. The van der Waals surface area contributed by atoms with Gasteiger partial charge in [0.1, 0.15) is 19.3 Å². The van der Waals surface area contributed by atoms with E-state index in [9.17, 15) is 4.79 Å². The molecule has 1 aromatic heterocycles. The second kappa shape index (κ2) is 4.70. The monoisotopic (exact) mass is 292 g/mol. The molecule has 4 nitrogen and oxygen atoms in total. The molecule has 4 heteroatoms. The van der Waals surface area contributed by atoms with Gasteiger partial charge in [0.25, 0.3) is 0 Å². The van der Waals surface area contributed by atoms with Crippen LogP contribution in [0.1, 0.15) is 27.2 Å². The lowest BCUT2D eigenvalue weighted by atomic mass is 9.92. The summed E-state index contributed by atoms with van der Waals surface area (Å²) in [5.74, 6) is -0.0590. The van der Waals surface area contributed by atoms with Crippen LogP contribution in [0.4, 0.5) is 0 Å². The minimum Gasteiger partial charge on any atom is -0.395 e. The average Bonchev–Trinajstić information content (AvgIpc) is 2.88. The molecular weight excluding hydrogens is 274 g/mol. The number of allylic oxidation sites excluding steroid dienone is 2. The molecule has 0 saturated heterocycles. The van der Waals surface area contributed by atoms with E-state index in [1.807, 2.05) is 24.3 Å². The minimum atomic E-state index is -0.0590. The fourth-order valence-corrected chi connectivity index (χ4v) is 3.37. The maximum absolute atomic E-state index is 12.6. The van der Waals surface area contributed by atoms with E-state index in [2.05, 4.69) is 34.5 Å². The topological polar surface area (TPSA) is 51.0 Å². The van der Waals surface area contributed by atoms with Crippen molar-refractivity contribution in [2.24, 2.45) is 5.73 Å². The summed E-state index contributed by atoms with van der Waals surface area (Å²) in [6, 6.07) is 10.2. The van der Waals surface area contributed by atoms with Gasteiger partial charge in [0.05, 0.1) is 11.3 Å². The third kappa shape index (κ3) is 1.84. The van der Waals surface area contributed by atoms with E-state index in [1.165, 1.54) is 11.1 Å². The number of ketones is 1. The molecule has 1 aliphatic carbocycles. The van der Waals surface area contributed by atoms with Gasteiger partial charge in [-0.1, -0.05) is 30.3 Å². The van der Waals surface area contributed by atoms with Crippen LogP contribution < -0.4 is 5.73 Å². The highest BCUT2D eigenvalue weighted by molar-refractivity contribution is 6.24. The van der Waals surface area contributed by atoms with Crippen molar-refractivity contribution in [3.05, 3.63) is 70.7 Å². The van der Waals surface area contributed by atoms with Crippen LogP contribution in [0.2, 0.25) is 0 Å². The lowest BCUT2D eigenvalue weighted by Gasteiger charge is -2.17. The zero-order valence-corrected chi connectivity index (χ0v) is 12.5. The van der Waals surface area contributed by atoms with E-state index in [0.717, 1.165) is 29.9 Å². The van der Waals surface area contributed by atoms with Gasteiger partial charge >= 0.3 is 0 Å². The van der Waals surface area contributed by atoms with Gasteiger partial charge in [0.15, 0.2) is 0 Å². The first-order valence-corrected chi connectivity index (χ1v) is 7.51. The maximum atomic E-state index is 12.6. The first-order valence-electron chi connectivity index (χ1n) is 7.51. The van der Waals surface area contributed by atoms with Crippen LogP contribution in [-0.2, 0) is 13.0 Å². The number of nitrogens with zero attached hydrogens (tertiary/aromatic N) is 2. The molecular formula is C18H18N3O+. The molecule has 2 heterocycles. The van der Waals surface area contributed by atoms with E-state index >= 15 is 0 Å². The summed E-state index contributed by atoms with van der Waals surface area (Å²) >= 11 is 0. The summed E-state index contributed by atoms with van der Waals surface area (Å²) < 4.78 is 4.24. The molecule has 0 unspecified atom stereocenters. The van der Waals surface area contributed by atoms with Crippen molar-refractivity contribution >= 4 is 11.5 Å². The summed E-state index contributed by atoms with van der Waals surface area (Å²) in [7, 11) is 2.05. The highest BCUT2D eigenvalue weighted by Crippen LogP contribution is 2.28. The van der Waals surface area contributed by atoms with Crippen molar-refractivity contribution < 1.29 is 9.37 Å². The van der Waals surface area contributed by atoms with Gasteiger partial charge in [0.2, 0.25) is 11.5 Å².